The molecule has 4 heteroatoms. The van der Waals surface area contributed by atoms with Gasteiger partial charge in [-0.1, -0.05) is 53.0 Å². The molecule has 0 aliphatic rings. The second-order valence-electron chi connectivity index (χ2n) is 3.70. The van der Waals surface area contributed by atoms with E-state index in [1.165, 1.54) is 6.42 Å². The lowest BCUT2D eigenvalue weighted by atomic mass is 10.1. The normalized spacial score (nSPS) is 12.6. The van der Waals surface area contributed by atoms with Crippen LogP contribution in [0.3, 0.4) is 0 Å². The van der Waals surface area contributed by atoms with Gasteiger partial charge in [-0.2, -0.15) is 0 Å². The first-order chi connectivity index (χ1) is 6.79. The zero-order valence-corrected chi connectivity index (χ0v) is 10.8. The summed E-state index contributed by atoms with van der Waals surface area (Å²) in [5.41, 5.74) is -0.632. The number of benzene rings is 1. The van der Waals surface area contributed by atoms with Crippen LogP contribution in [-0.4, -0.2) is 9.39 Å². The summed E-state index contributed by atoms with van der Waals surface area (Å²) in [7, 11) is 0. The first-order valence-electron chi connectivity index (χ1n) is 4.46. The Morgan fingerprint density at radius 3 is 2.07 bits per heavy atom. The molecule has 1 aromatic rings. The molecule has 0 saturated heterocycles. The van der Waals surface area contributed by atoms with E-state index in [-0.39, 0.29) is 0 Å². The summed E-state index contributed by atoms with van der Waals surface area (Å²) in [5, 5.41) is 0. The highest BCUT2D eigenvalue weighted by atomic mass is 35.6. The first kappa shape index (κ1) is 13.0. The molecule has 0 aliphatic carbocycles. The molecule has 83 valence electrons. The van der Waals surface area contributed by atoms with Gasteiger partial charge in [0.1, 0.15) is 11.4 Å². The Hall–Kier alpha value is -0.110. The minimum Gasteiger partial charge on any atom is -0.487 e. The van der Waals surface area contributed by atoms with E-state index in [0.717, 1.165) is 5.75 Å². The molecular weight excluding hydrogens is 254 g/mol. The minimum absolute atomic E-state index is 0.632. The largest absolute Gasteiger partial charge is 0.487 e. The maximum Gasteiger partial charge on any atom is 0.197 e. The molecule has 0 spiro atoms. The minimum atomic E-state index is -1.42. The molecule has 0 atom stereocenters. The van der Waals surface area contributed by atoms with Crippen LogP contribution < -0.4 is 4.74 Å². The molecule has 0 fully saturated rings. The smallest absolute Gasteiger partial charge is 0.197 e. The van der Waals surface area contributed by atoms with Crippen LogP contribution in [0, 0.1) is 6.42 Å². The van der Waals surface area contributed by atoms with E-state index in [4.69, 9.17) is 39.5 Å². The van der Waals surface area contributed by atoms with E-state index in [9.17, 15) is 0 Å². The van der Waals surface area contributed by atoms with Gasteiger partial charge >= 0.3 is 0 Å². The number of para-hydroxylation sites is 1. The molecule has 1 rings (SSSR count). The highest BCUT2D eigenvalue weighted by Gasteiger charge is 2.33. The quantitative estimate of drug-likeness (QED) is 0.736. The zero-order valence-electron chi connectivity index (χ0n) is 8.51. The molecule has 1 nitrogen and oxygen atoms in total. The summed E-state index contributed by atoms with van der Waals surface area (Å²) >= 11 is 17.0. The second kappa shape index (κ2) is 4.82. The second-order valence-corrected chi connectivity index (χ2v) is 6.07. The predicted octanol–water partition coefficient (Wildman–Crippen LogP) is 4.42. The van der Waals surface area contributed by atoms with Gasteiger partial charge in [0.2, 0.25) is 0 Å². The third-order valence-corrected chi connectivity index (χ3v) is 1.96. The summed E-state index contributed by atoms with van der Waals surface area (Å²) in [6, 6.07) is 9.40. The van der Waals surface area contributed by atoms with Gasteiger partial charge in [-0.15, -0.1) is 0 Å². The van der Waals surface area contributed by atoms with Crippen molar-refractivity contribution in [1.82, 2.24) is 0 Å². The van der Waals surface area contributed by atoms with Crippen molar-refractivity contribution >= 4 is 34.8 Å². The lowest BCUT2D eigenvalue weighted by Crippen LogP contribution is -2.34. The van der Waals surface area contributed by atoms with Crippen molar-refractivity contribution < 1.29 is 4.74 Å². The topological polar surface area (TPSA) is 9.23 Å². The number of rotatable bonds is 3. The van der Waals surface area contributed by atoms with E-state index < -0.39 is 9.39 Å². The predicted molar refractivity (Wildman–Crippen MR) is 65.7 cm³/mol. The molecule has 0 bridgehead atoms. The Kier molecular flexibility index (Phi) is 4.16. The van der Waals surface area contributed by atoms with Gasteiger partial charge in [-0.05, 0) is 26.0 Å². The highest BCUT2D eigenvalue weighted by Crippen LogP contribution is 2.35. The van der Waals surface area contributed by atoms with E-state index >= 15 is 0 Å². The fourth-order valence-corrected chi connectivity index (χ4v) is 2.00. The third kappa shape index (κ3) is 5.50. The van der Waals surface area contributed by atoms with E-state index in [0.29, 0.717) is 0 Å². The van der Waals surface area contributed by atoms with Crippen molar-refractivity contribution in [2.45, 2.75) is 23.2 Å². The van der Waals surface area contributed by atoms with Crippen LogP contribution in [-0.2, 0) is 0 Å². The molecule has 15 heavy (non-hydrogen) atoms. The van der Waals surface area contributed by atoms with Crippen molar-refractivity contribution in [3.8, 4) is 5.75 Å². The van der Waals surface area contributed by atoms with Gasteiger partial charge in [0.05, 0.1) is 6.42 Å². The molecule has 0 heterocycles. The van der Waals surface area contributed by atoms with Gasteiger partial charge < -0.3 is 4.74 Å². The molecule has 1 aromatic carbocycles. The van der Waals surface area contributed by atoms with Crippen LogP contribution in [0.4, 0.5) is 0 Å². The molecule has 0 N–H and O–H groups in total. The summed E-state index contributed by atoms with van der Waals surface area (Å²) < 4.78 is 4.25. The van der Waals surface area contributed by atoms with Crippen LogP contribution >= 0.6 is 34.8 Å². The lowest BCUT2D eigenvalue weighted by molar-refractivity contribution is 0.142. The van der Waals surface area contributed by atoms with Crippen molar-refractivity contribution in [3.05, 3.63) is 36.8 Å². The summed E-state index contributed by atoms with van der Waals surface area (Å²) in [6.07, 6.45) is 1.53. The fourth-order valence-electron chi connectivity index (χ4n) is 1.22. The molecule has 0 saturated carbocycles. The van der Waals surface area contributed by atoms with Crippen LogP contribution in [0.5, 0.6) is 5.75 Å². The van der Waals surface area contributed by atoms with E-state index in [1.54, 1.807) is 0 Å². The van der Waals surface area contributed by atoms with Crippen molar-refractivity contribution in [3.63, 3.8) is 0 Å². The molecule has 1 radical (unpaired) electrons. The fraction of sp³-hybridized carbons (Fsp3) is 0.364. The molecule has 0 amide bonds. The number of halogens is 3. The molecule has 0 unspecified atom stereocenters. The number of ether oxygens (including phenoxy) is 1. The van der Waals surface area contributed by atoms with Gasteiger partial charge in [0.15, 0.2) is 3.79 Å². The van der Waals surface area contributed by atoms with Gasteiger partial charge in [-0.3, -0.25) is 0 Å². The number of alkyl halides is 3. The first-order valence-corrected chi connectivity index (χ1v) is 5.60. The van der Waals surface area contributed by atoms with Crippen LogP contribution in [0.15, 0.2) is 30.3 Å². The van der Waals surface area contributed by atoms with Gasteiger partial charge in [-0.25, -0.2) is 0 Å². The number of hydrogen-bond acceptors (Lipinski definition) is 1. The average molecular weight is 267 g/mol. The van der Waals surface area contributed by atoms with Gasteiger partial charge in [0.25, 0.3) is 0 Å². The summed E-state index contributed by atoms with van der Waals surface area (Å²) in [4.78, 5) is 0. The molecule has 0 aliphatic heterocycles. The Labute approximate surface area is 105 Å². The maximum absolute atomic E-state index is 5.68. The molecular formula is C11H12Cl3O. The van der Waals surface area contributed by atoms with Crippen molar-refractivity contribution in [2.24, 2.45) is 0 Å². The van der Waals surface area contributed by atoms with Crippen LogP contribution in [0.1, 0.15) is 13.8 Å². The number of hydrogen-bond donors (Lipinski definition) is 0. The standard InChI is InChI=1S/C11H12Cl3O/c1-10(2,8-11(12,13)14)15-9-6-4-3-5-7-9/h3-8H,1-2H3. The summed E-state index contributed by atoms with van der Waals surface area (Å²) in [6.45, 7) is 3.67. The highest BCUT2D eigenvalue weighted by molar-refractivity contribution is 6.68. The zero-order chi connectivity index (χ0) is 11.5. The Bertz CT molecular complexity index is 303. The maximum atomic E-state index is 5.68. The van der Waals surface area contributed by atoms with Crippen molar-refractivity contribution in [2.75, 3.05) is 0 Å². The lowest BCUT2D eigenvalue weighted by Gasteiger charge is -2.29. The van der Waals surface area contributed by atoms with Gasteiger partial charge in [0, 0.05) is 0 Å². The monoisotopic (exact) mass is 265 g/mol. The Balaban J connectivity index is 2.65. The van der Waals surface area contributed by atoms with E-state index in [1.807, 2.05) is 44.2 Å². The van der Waals surface area contributed by atoms with Crippen LogP contribution in [0.2, 0.25) is 0 Å². The van der Waals surface area contributed by atoms with E-state index in [2.05, 4.69) is 0 Å². The third-order valence-electron chi connectivity index (χ3n) is 1.64. The SMILES string of the molecule is CC(C)([CH]C(Cl)(Cl)Cl)Oc1ccccc1. The van der Waals surface area contributed by atoms with Crippen LogP contribution in [0.25, 0.3) is 0 Å². The summed E-state index contributed by atoms with van der Waals surface area (Å²) in [5.74, 6) is 0.744. The molecule has 0 aromatic heterocycles. The average Bonchev–Trinajstić information content (AvgIpc) is 1.99. The Morgan fingerprint density at radius 1 is 1.07 bits per heavy atom. The van der Waals surface area contributed by atoms with Crippen molar-refractivity contribution in [1.29, 1.82) is 0 Å². The Morgan fingerprint density at radius 2 is 1.60 bits per heavy atom.